The third-order valence-corrected chi connectivity index (χ3v) is 2.51. The molecule has 0 bridgehead atoms. The van der Waals surface area contributed by atoms with Gasteiger partial charge in [-0.25, -0.2) is 0 Å². The average Bonchev–Trinajstić information content (AvgIpc) is 2.42. The maximum absolute atomic E-state index is 11.7. The van der Waals surface area contributed by atoms with Crippen LogP contribution in [0.1, 0.15) is 35.7 Å². The van der Waals surface area contributed by atoms with E-state index in [0.29, 0.717) is 17.6 Å². The van der Waals surface area contributed by atoms with Gasteiger partial charge in [-0.2, -0.15) is 0 Å². The van der Waals surface area contributed by atoms with Gasteiger partial charge in [-0.1, -0.05) is 26.0 Å². The van der Waals surface area contributed by atoms with Crippen molar-refractivity contribution in [3.05, 3.63) is 47.5 Å². The lowest BCUT2D eigenvalue weighted by Gasteiger charge is -2.08. The van der Waals surface area contributed by atoms with Gasteiger partial charge in [0.25, 0.3) is 11.8 Å². The maximum Gasteiger partial charge on any atom is 0.269 e. The molecule has 1 aromatic rings. The molecule has 2 amide bonds. The van der Waals surface area contributed by atoms with E-state index in [1.807, 2.05) is 26.0 Å². The van der Waals surface area contributed by atoms with Gasteiger partial charge in [0.15, 0.2) is 0 Å². The SMILES string of the molecule is CC(C)c1ccc(C(=O)NNC(=O)/C=C/C(=O)[O-])cc1. The fourth-order valence-electron chi connectivity index (χ4n) is 1.40. The number of carboxylic acids is 1. The summed E-state index contributed by atoms with van der Waals surface area (Å²) in [6.07, 6.45) is 1.32. The van der Waals surface area contributed by atoms with Crippen molar-refractivity contribution in [2.75, 3.05) is 0 Å². The maximum atomic E-state index is 11.7. The summed E-state index contributed by atoms with van der Waals surface area (Å²) in [5.74, 6) is -2.38. The van der Waals surface area contributed by atoms with Gasteiger partial charge in [0.05, 0.1) is 5.97 Å². The first-order valence-corrected chi connectivity index (χ1v) is 5.99. The largest absolute Gasteiger partial charge is 0.545 e. The molecule has 0 heterocycles. The van der Waals surface area contributed by atoms with Crippen LogP contribution < -0.4 is 16.0 Å². The third kappa shape index (κ3) is 4.93. The molecule has 1 rings (SSSR count). The highest BCUT2D eigenvalue weighted by molar-refractivity contribution is 5.98. The number of hydrogen-bond acceptors (Lipinski definition) is 4. The molecular weight excluding hydrogens is 260 g/mol. The highest BCUT2D eigenvalue weighted by atomic mass is 16.4. The van der Waals surface area contributed by atoms with Crippen molar-refractivity contribution >= 4 is 17.8 Å². The lowest BCUT2D eigenvalue weighted by atomic mass is 10.0. The Morgan fingerprint density at radius 1 is 1.05 bits per heavy atom. The first-order chi connectivity index (χ1) is 9.40. The lowest BCUT2D eigenvalue weighted by molar-refractivity contribution is -0.297. The zero-order chi connectivity index (χ0) is 15.1. The number of nitrogens with one attached hydrogen (secondary N) is 2. The monoisotopic (exact) mass is 275 g/mol. The Morgan fingerprint density at radius 3 is 2.15 bits per heavy atom. The number of benzene rings is 1. The Kier molecular flexibility index (Phi) is 5.46. The second-order valence-corrected chi connectivity index (χ2v) is 4.37. The molecule has 0 radical (unpaired) electrons. The second-order valence-electron chi connectivity index (χ2n) is 4.37. The molecule has 106 valence electrons. The molecular formula is C14H15N2O4-. The van der Waals surface area contributed by atoms with Crippen LogP contribution in [0.3, 0.4) is 0 Å². The minimum absolute atomic E-state index is 0.363. The van der Waals surface area contributed by atoms with Crippen molar-refractivity contribution in [3.8, 4) is 0 Å². The van der Waals surface area contributed by atoms with Crippen LogP contribution in [0.15, 0.2) is 36.4 Å². The van der Waals surface area contributed by atoms with Crippen LogP contribution in [-0.2, 0) is 9.59 Å². The quantitative estimate of drug-likeness (QED) is 0.591. The summed E-state index contributed by atoms with van der Waals surface area (Å²) in [7, 11) is 0. The Hall–Kier alpha value is -2.63. The van der Waals surface area contributed by atoms with Crippen molar-refractivity contribution in [2.24, 2.45) is 0 Å². The van der Waals surface area contributed by atoms with Crippen LogP contribution in [0.4, 0.5) is 0 Å². The van der Waals surface area contributed by atoms with Crippen molar-refractivity contribution in [2.45, 2.75) is 19.8 Å². The van der Waals surface area contributed by atoms with E-state index < -0.39 is 17.8 Å². The van der Waals surface area contributed by atoms with E-state index in [2.05, 4.69) is 10.9 Å². The molecule has 2 N–H and O–H groups in total. The molecule has 6 heteroatoms. The van der Waals surface area contributed by atoms with Gasteiger partial charge in [0, 0.05) is 11.6 Å². The highest BCUT2D eigenvalue weighted by Crippen LogP contribution is 2.14. The number of rotatable bonds is 4. The Labute approximate surface area is 116 Å². The minimum Gasteiger partial charge on any atom is -0.545 e. The smallest absolute Gasteiger partial charge is 0.269 e. The molecule has 0 fully saturated rings. The molecule has 0 aliphatic carbocycles. The van der Waals surface area contributed by atoms with E-state index in [1.165, 1.54) is 0 Å². The number of amides is 2. The number of aliphatic carboxylic acids is 1. The molecule has 0 aliphatic rings. The molecule has 0 unspecified atom stereocenters. The number of carboxylic acid groups (broad SMARTS) is 1. The molecule has 20 heavy (non-hydrogen) atoms. The summed E-state index contributed by atoms with van der Waals surface area (Å²) < 4.78 is 0. The molecule has 0 saturated carbocycles. The van der Waals surface area contributed by atoms with Gasteiger partial charge in [-0.15, -0.1) is 0 Å². The van der Waals surface area contributed by atoms with Crippen molar-refractivity contribution in [1.82, 2.24) is 10.9 Å². The zero-order valence-corrected chi connectivity index (χ0v) is 11.2. The van der Waals surface area contributed by atoms with Gasteiger partial charge in [-0.3, -0.25) is 20.4 Å². The van der Waals surface area contributed by atoms with Gasteiger partial charge >= 0.3 is 0 Å². The molecule has 0 saturated heterocycles. The number of carbonyl (C=O) groups is 3. The van der Waals surface area contributed by atoms with E-state index in [-0.39, 0.29) is 0 Å². The fourth-order valence-corrected chi connectivity index (χ4v) is 1.40. The van der Waals surface area contributed by atoms with Gasteiger partial charge in [0.1, 0.15) is 0 Å². The van der Waals surface area contributed by atoms with Crippen molar-refractivity contribution < 1.29 is 19.5 Å². The predicted molar refractivity (Wildman–Crippen MR) is 70.3 cm³/mol. The van der Waals surface area contributed by atoms with E-state index in [4.69, 9.17) is 0 Å². The molecule has 0 aliphatic heterocycles. The first-order valence-electron chi connectivity index (χ1n) is 5.99. The van der Waals surface area contributed by atoms with E-state index >= 15 is 0 Å². The Bertz CT molecular complexity index is 533. The molecule has 0 spiro atoms. The van der Waals surface area contributed by atoms with Gasteiger partial charge < -0.3 is 9.90 Å². The summed E-state index contributed by atoms with van der Waals surface area (Å²) in [5.41, 5.74) is 5.71. The van der Waals surface area contributed by atoms with Crippen molar-refractivity contribution in [1.29, 1.82) is 0 Å². The van der Waals surface area contributed by atoms with Crippen LogP contribution in [-0.4, -0.2) is 17.8 Å². The second kappa shape index (κ2) is 7.08. The summed E-state index contributed by atoms with van der Waals surface area (Å²) in [4.78, 5) is 32.9. The fraction of sp³-hybridized carbons (Fsp3) is 0.214. The van der Waals surface area contributed by atoms with Gasteiger partial charge in [0.2, 0.25) is 0 Å². The Morgan fingerprint density at radius 2 is 1.65 bits per heavy atom. The van der Waals surface area contributed by atoms with Crippen LogP contribution in [0.2, 0.25) is 0 Å². The topological polar surface area (TPSA) is 98.3 Å². The van der Waals surface area contributed by atoms with Crippen LogP contribution in [0.5, 0.6) is 0 Å². The molecule has 6 nitrogen and oxygen atoms in total. The van der Waals surface area contributed by atoms with Crippen LogP contribution in [0.25, 0.3) is 0 Å². The minimum atomic E-state index is -1.49. The Balaban J connectivity index is 2.55. The molecule has 0 aromatic heterocycles. The summed E-state index contributed by atoms with van der Waals surface area (Å²) in [5, 5.41) is 10.1. The lowest BCUT2D eigenvalue weighted by Crippen LogP contribution is -2.41. The normalized spacial score (nSPS) is 10.6. The van der Waals surface area contributed by atoms with Crippen LogP contribution in [0, 0.1) is 0 Å². The standard InChI is InChI=1S/C14H16N2O4/c1-9(2)10-3-5-11(6-4-10)14(20)16-15-12(17)7-8-13(18)19/h3-9H,1-2H3,(H,15,17)(H,16,20)(H,18,19)/p-1/b8-7+. The molecule has 0 atom stereocenters. The van der Waals surface area contributed by atoms with Crippen LogP contribution >= 0.6 is 0 Å². The first kappa shape index (κ1) is 15.4. The molecule has 1 aromatic carbocycles. The van der Waals surface area contributed by atoms with E-state index in [1.54, 1.807) is 12.1 Å². The summed E-state index contributed by atoms with van der Waals surface area (Å²) in [6, 6.07) is 6.95. The number of carbonyl (C=O) groups excluding carboxylic acids is 3. The summed E-state index contributed by atoms with van der Waals surface area (Å²) >= 11 is 0. The highest BCUT2D eigenvalue weighted by Gasteiger charge is 2.06. The predicted octanol–water partition coefficient (Wildman–Crippen LogP) is -0.123. The summed E-state index contributed by atoms with van der Waals surface area (Å²) in [6.45, 7) is 4.08. The van der Waals surface area contributed by atoms with E-state index in [9.17, 15) is 19.5 Å². The number of hydrogen-bond donors (Lipinski definition) is 2. The average molecular weight is 275 g/mol. The zero-order valence-electron chi connectivity index (χ0n) is 11.2. The number of hydrazine groups is 1. The third-order valence-electron chi connectivity index (χ3n) is 2.51. The van der Waals surface area contributed by atoms with Gasteiger partial charge in [-0.05, 0) is 29.7 Å². The van der Waals surface area contributed by atoms with Crippen molar-refractivity contribution in [3.63, 3.8) is 0 Å². The van der Waals surface area contributed by atoms with E-state index in [0.717, 1.165) is 11.6 Å².